The molecule has 136 valence electrons. The number of benzene rings is 1. The number of para-hydroxylation sites is 2. The molecule has 0 saturated heterocycles. The molecule has 0 aromatic heterocycles. The van der Waals surface area contributed by atoms with E-state index in [0.29, 0.717) is 17.4 Å². The summed E-state index contributed by atoms with van der Waals surface area (Å²) in [4.78, 5) is 35.0. The predicted molar refractivity (Wildman–Crippen MR) is 94.3 cm³/mol. The molecule has 0 aliphatic heterocycles. The second kappa shape index (κ2) is 9.05. The molecule has 2 rings (SSSR count). The summed E-state index contributed by atoms with van der Waals surface area (Å²) in [6.45, 7) is 3.18. The number of nitrogens with one attached hydrogen (secondary N) is 3. The molecular formula is C18H25N3O4. The van der Waals surface area contributed by atoms with E-state index in [-0.39, 0.29) is 18.6 Å². The Morgan fingerprint density at radius 1 is 1.16 bits per heavy atom. The molecule has 0 unspecified atom stereocenters. The highest BCUT2D eigenvalue weighted by molar-refractivity contribution is 5.95. The van der Waals surface area contributed by atoms with E-state index in [4.69, 9.17) is 4.74 Å². The van der Waals surface area contributed by atoms with Crippen LogP contribution >= 0.6 is 0 Å². The van der Waals surface area contributed by atoms with Gasteiger partial charge in [0.25, 0.3) is 5.91 Å². The minimum atomic E-state index is -0.543. The zero-order valence-corrected chi connectivity index (χ0v) is 14.6. The summed E-state index contributed by atoms with van der Waals surface area (Å²) in [6.07, 6.45) is 4.29. The number of ether oxygens (including phenoxy) is 1. The lowest BCUT2D eigenvalue weighted by atomic mass is 9.86. The van der Waals surface area contributed by atoms with Crippen LogP contribution in [0.15, 0.2) is 24.3 Å². The van der Waals surface area contributed by atoms with Gasteiger partial charge in [0.05, 0.1) is 5.69 Å². The highest BCUT2D eigenvalue weighted by Crippen LogP contribution is 2.24. The first-order chi connectivity index (χ1) is 12.0. The van der Waals surface area contributed by atoms with Crippen molar-refractivity contribution in [1.82, 2.24) is 10.6 Å². The Balaban J connectivity index is 1.80. The minimum absolute atomic E-state index is 0.1000. The number of hydrogen-bond acceptors (Lipinski definition) is 4. The average molecular weight is 347 g/mol. The van der Waals surface area contributed by atoms with Gasteiger partial charge in [-0.3, -0.25) is 14.9 Å². The number of rotatable bonds is 5. The van der Waals surface area contributed by atoms with Crippen molar-refractivity contribution in [2.24, 2.45) is 5.92 Å². The van der Waals surface area contributed by atoms with Crippen LogP contribution in [0.3, 0.4) is 0 Å². The number of urea groups is 1. The number of imide groups is 1. The van der Waals surface area contributed by atoms with Crippen molar-refractivity contribution in [3.05, 3.63) is 24.3 Å². The zero-order chi connectivity index (χ0) is 18.2. The smallest absolute Gasteiger partial charge is 0.321 e. The largest absolute Gasteiger partial charge is 0.482 e. The van der Waals surface area contributed by atoms with Crippen molar-refractivity contribution in [2.45, 2.75) is 45.6 Å². The van der Waals surface area contributed by atoms with Gasteiger partial charge in [-0.1, -0.05) is 31.9 Å². The Morgan fingerprint density at radius 2 is 1.88 bits per heavy atom. The van der Waals surface area contributed by atoms with E-state index in [1.165, 1.54) is 13.3 Å². The molecular weight excluding hydrogens is 322 g/mol. The number of amides is 4. The van der Waals surface area contributed by atoms with E-state index in [2.05, 4.69) is 22.9 Å². The third-order valence-corrected chi connectivity index (χ3v) is 4.24. The number of carbonyl (C=O) groups is 3. The normalized spacial score (nSPS) is 19.6. The fourth-order valence-electron chi connectivity index (χ4n) is 2.93. The Labute approximate surface area is 147 Å². The molecule has 1 aliphatic carbocycles. The van der Waals surface area contributed by atoms with Crippen molar-refractivity contribution in [3.63, 3.8) is 0 Å². The third-order valence-electron chi connectivity index (χ3n) is 4.24. The molecule has 1 aromatic rings. The van der Waals surface area contributed by atoms with Gasteiger partial charge in [-0.25, -0.2) is 4.79 Å². The first kappa shape index (κ1) is 18.8. The molecule has 4 amide bonds. The molecule has 25 heavy (non-hydrogen) atoms. The molecule has 1 saturated carbocycles. The van der Waals surface area contributed by atoms with Gasteiger partial charge in [-0.05, 0) is 30.9 Å². The molecule has 1 aromatic carbocycles. The Morgan fingerprint density at radius 3 is 2.60 bits per heavy atom. The maximum Gasteiger partial charge on any atom is 0.321 e. The molecule has 2 atom stereocenters. The van der Waals surface area contributed by atoms with Crippen LogP contribution in [-0.2, 0) is 9.59 Å². The quantitative estimate of drug-likeness (QED) is 0.762. The van der Waals surface area contributed by atoms with Crippen LogP contribution in [0, 0.1) is 5.92 Å². The molecule has 7 heteroatoms. The summed E-state index contributed by atoms with van der Waals surface area (Å²) in [6, 6.07) is 6.39. The van der Waals surface area contributed by atoms with E-state index in [1.807, 2.05) is 0 Å². The van der Waals surface area contributed by atoms with Crippen LogP contribution in [0.25, 0.3) is 0 Å². The topological polar surface area (TPSA) is 96.5 Å². The first-order valence-electron chi connectivity index (χ1n) is 8.55. The minimum Gasteiger partial charge on any atom is -0.482 e. The van der Waals surface area contributed by atoms with Gasteiger partial charge >= 0.3 is 6.03 Å². The molecule has 7 nitrogen and oxygen atoms in total. The van der Waals surface area contributed by atoms with Gasteiger partial charge in [-0.15, -0.1) is 0 Å². The van der Waals surface area contributed by atoms with Crippen molar-refractivity contribution in [3.8, 4) is 5.75 Å². The lowest BCUT2D eigenvalue weighted by molar-refractivity contribution is -0.122. The molecule has 1 fully saturated rings. The Hall–Kier alpha value is -2.57. The van der Waals surface area contributed by atoms with Crippen molar-refractivity contribution >= 4 is 23.5 Å². The summed E-state index contributed by atoms with van der Waals surface area (Å²) in [5, 5.41) is 7.75. The van der Waals surface area contributed by atoms with E-state index < -0.39 is 11.9 Å². The third kappa shape index (κ3) is 6.10. The van der Waals surface area contributed by atoms with Crippen LogP contribution in [0.2, 0.25) is 0 Å². The second-order valence-electron chi connectivity index (χ2n) is 6.36. The monoisotopic (exact) mass is 347 g/mol. The molecule has 0 bridgehead atoms. The Bertz CT molecular complexity index is 633. The van der Waals surface area contributed by atoms with E-state index in [0.717, 1.165) is 19.3 Å². The van der Waals surface area contributed by atoms with Gasteiger partial charge < -0.3 is 15.4 Å². The maximum absolute atomic E-state index is 11.9. The summed E-state index contributed by atoms with van der Waals surface area (Å²) >= 11 is 0. The fraction of sp³-hybridized carbons (Fsp3) is 0.500. The maximum atomic E-state index is 11.9. The van der Waals surface area contributed by atoms with Crippen LogP contribution in [0.5, 0.6) is 5.75 Å². The van der Waals surface area contributed by atoms with Crippen LogP contribution in [-0.4, -0.2) is 30.5 Å². The summed E-state index contributed by atoms with van der Waals surface area (Å²) < 4.78 is 5.41. The first-order valence-corrected chi connectivity index (χ1v) is 8.55. The summed E-state index contributed by atoms with van der Waals surface area (Å²) in [5.74, 6) is 0.00427. The molecule has 0 radical (unpaired) electrons. The van der Waals surface area contributed by atoms with E-state index >= 15 is 0 Å². The van der Waals surface area contributed by atoms with Gasteiger partial charge in [0.15, 0.2) is 6.61 Å². The SMILES string of the molecule is CC(=O)Nc1ccccc1OCC(=O)NC(=O)N[C@@H]1CCCC[C@@H]1C. The number of carbonyl (C=O) groups excluding carboxylic acids is 3. The number of anilines is 1. The second-order valence-corrected chi connectivity index (χ2v) is 6.36. The molecule has 0 spiro atoms. The van der Waals surface area contributed by atoms with E-state index in [1.54, 1.807) is 24.3 Å². The van der Waals surface area contributed by atoms with E-state index in [9.17, 15) is 14.4 Å². The Kier molecular flexibility index (Phi) is 6.80. The molecule has 3 N–H and O–H groups in total. The van der Waals surface area contributed by atoms with Crippen molar-refractivity contribution < 1.29 is 19.1 Å². The summed E-state index contributed by atoms with van der Waals surface area (Å²) in [7, 11) is 0. The van der Waals surface area contributed by atoms with Gasteiger partial charge in [-0.2, -0.15) is 0 Å². The zero-order valence-electron chi connectivity index (χ0n) is 14.6. The van der Waals surface area contributed by atoms with Gasteiger partial charge in [0.1, 0.15) is 5.75 Å². The summed E-state index contributed by atoms with van der Waals surface area (Å²) in [5.41, 5.74) is 0.475. The highest BCUT2D eigenvalue weighted by atomic mass is 16.5. The van der Waals surface area contributed by atoms with Gasteiger partial charge in [0, 0.05) is 13.0 Å². The lowest BCUT2D eigenvalue weighted by Gasteiger charge is -2.29. The van der Waals surface area contributed by atoms with Crippen molar-refractivity contribution in [2.75, 3.05) is 11.9 Å². The van der Waals surface area contributed by atoms with Crippen LogP contribution in [0.4, 0.5) is 10.5 Å². The number of hydrogen-bond donors (Lipinski definition) is 3. The van der Waals surface area contributed by atoms with Crippen molar-refractivity contribution in [1.29, 1.82) is 0 Å². The van der Waals surface area contributed by atoms with Gasteiger partial charge in [0.2, 0.25) is 5.91 Å². The lowest BCUT2D eigenvalue weighted by Crippen LogP contribution is -2.48. The molecule has 1 aliphatic rings. The van der Waals surface area contributed by atoms with Crippen LogP contribution in [0.1, 0.15) is 39.5 Å². The average Bonchev–Trinajstić information content (AvgIpc) is 2.55. The van der Waals surface area contributed by atoms with Crippen LogP contribution < -0.4 is 20.7 Å². The fourth-order valence-corrected chi connectivity index (χ4v) is 2.93. The highest BCUT2D eigenvalue weighted by Gasteiger charge is 2.23. The molecule has 0 heterocycles. The predicted octanol–water partition coefficient (Wildman–Crippen LogP) is 2.43. The standard InChI is InChI=1S/C18H25N3O4/c1-12-7-3-4-8-14(12)20-18(24)21-17(23)11-25-16-10-6-5-9-15(16)19-13(2)22/h5-6,9-10,12,14H,3-4,7-8,11H2,1-2H3,(H,19,22)(H2,20,21,23,24)/t12-,14+/m0/s1.